The second kappa shape index (κ2) is 7.71. The molecule has 2 heterocycles. The van der Waals surface area contributed by atoms with E-state index in [1.165, 1.54) is 17.3 Å². The highest BCUT2D eigenvalue weighted by molar-refractivity contribution is 5.90. The van der Waals surface area contributed by atoms with E-state index in [-0.39, 0.29) is 23.9 Å². The zero-order chi connectivity index (χ0) is 18.8. The van der Waals surface area contributed by atoms with Crippen molar-refractivity contribution in [1.82, 2.24) is 9.80 Å². The van der Waals surface area contributed by atoms with E-state index in [9.17, 15) is 9.59 Å². The lowest BCUT2D eigenvalue weighted by Gasteiger charge is -2.30. The number of benzene rings is 1. The third-order valence-corrected chi connectivity index (χ3v) is 6.28. The largest absolute Gasteiger partial charge is 0.411 e. The van der Waals surface area contributed by atoms with Crippen molar-refractivity contribution in [2.75, 3.05) is 13.1 Å². The lowest BCUT2D eigenvalue weighted by molar-refractivity contribution is -0.144. The van der Waals surface area contributed by atoms with Crippen molar-refractivity contribution in [2.24, 2.45) is 11.1 Å². The first kappa shape index (κ1) is 18.0. The number of fused-ring (bicyclic) bond motifs is 1. The molecular weight excluding hydrogens is 342 g/mol. The molecule has 4 rings (SSSR count). The first-order valence-corrected chi connectivity index (χ1v) is 10.0. The van der Waals surface area contributed by atoms with Crippen LogP contribution >= 0.6 is 0 Å². The van der Waals surface area contributed by atoms with E-state index in [1.54, 1.807) is 9.80 Å². The Labute approximate surface area is 159 Å². The van der Waals surface area contributed by atoms with Gasteiger partial charge in [-0.2, -0.15) is 0 Å². The molecule has 1 aromatic rings. The minimum atomic E-state index is -0.353. The molecule has 6 nitrogen and oxygen atoms in total. The van der Waals surface area contributed by atoms with Crippen molar-refractivity contribution in [2.45, 2.75) is 57.0 Å². The molecule has 2 aliphatic heterocycles. The van der Waals surface area contributed by atoms with Crippen LogP contribution in [-0.2, 0) is 22.4 Å². The topological polar surface area (TPSA) is 73.2 Å². The van der Waals surface area contributed by atoms with Gasteiger partial charge in [0.15, 0.2) is 0 Å². The van der Waals surface area contributed by atoms with Crippen molar-refractivity contribution in [3.63, 3.8) is 0 Å². The fraction of sp³-hybridized carbons (Fsp3) is 0.571. The summed E-state index contributed by atoms with van der Waals surface area (Å²) in [5, 5.41) is 12.0. The van der Waals surface area contributed by atoms with E-state index in [1.807, 2.05) is 0 Å². The van der Waals surface area contributed by atoms with E-state index in [0.717, 1.165) is 38.5 Å². The van der Waals surface area contributed by atoms with Gasteiger partial charge in [-0.25, -0.2) is 0 Å². The van der Waals surface area contributed by atoms with Gasteiger partial charge in [0.1, 0.15) is 6.04 Å². The van der Waals surface area contributed by atoms with Gasteiger partial charge in [0, 0.05) is 19.5 Å². The molecule has 2 amide bonds. The number of amides is 2. The summed E-state index contributed by atoms with van der Waals surface area (Å²) in [7, 11) is 0. The number of likely N-dealkylation sites (tertiary alicyclic amines) is 2. The zero-order valence-corrected chi connectivity index (χ0v) is 15.6. The van der Waals surface area contributed by atoms with Crippen molar-refractivity contribution in [3.8, 4) is 0 Å². The van der Waals surface area contributed by atoms with Crippen LogP contribution in [0.1, 0.15) is 43.2 Å². The van der Waals surface area contributed by atoms with Crippen LogP contribution in [0.2, 0.25) is 0 Å². The van der Waals surface area contributed by atoms with Crippen LogP contribution in [0.15, 0.2) is 29.4 Å². The molecule has 1 aliphatic carbocycles. The van der Waals surface area contributed by atoms with Crippen LogP contribution in [0.4, 0.5) is 0 Å². The van der Waals surface area contributed by atoms with E-state index in [2.05, 4.69) is 29.4 Å². The summed E-state index contributed by atoms with van der Waals surface area (Å²) in [5.74, 6) is 0.459. The monoisotopic (exact) mass is 369 g/mol. The maximum atomic E-state index is 13.1. The molecule has 0 radical (unpaired) electrons. The third kappa shape index (κ3) is 3.57. The Balaban J connectivity index is 1.39. The number of hydrogen-bond acceptors (Lipinski definition) is 4. The van der Waals surface area contributed by atoms with Crippen LogP contribution in [0.25, 0.3) is 0 Å². The number of carbonyl (C=O) groups is 2. The summed E-state index contributed by atoms with van der Waals surface area (Å²) in [5.41, 5.74) is 2.71. The molecule has 0 spiro atoms. The predicted octanol–water partition coefficient (Wildman–Crippen LogP) is 2.23. The van der Waals surface area contributed by atoms with Crippen molar-refractivity contribution >= 4 is 18.0 Å². The highest BCUT2D eigenvalue weighted by Crippen LogP contribution is 2.31. The average molecular weight is 369 g/mol. The summed E-state index contributed by atoms with van der Waals surface area (Å²) in [6, 6.07) is 7.91. The van der Waals surface area contributed by atoms with Gasteiger partial charge in [0.05, 0.1) is 12.3 Å². The van der Waals surface area contributed by atoms with Gasteiger partial charge in [-0.15, -0.1) is 0 Å². The van der Waals surface area contributed by atoms with Gasteiger partial charge in [-0.1, -0.05) is 29.4 Å². The number of nitrogens with zero attached hydrogens (tertiary/aromatic N) is 3. The molecule has 3 aliphatic rings. The summed E-state index contributed by atoms with van der Waals surface area (Å²) < 4.78 is 0. The molecule has 27 heavy (non-hydrogen) atoms. The minimum absolute atomic E-state index is 0.0120. The fourth-order valence-corrected chi connectivity index (χ4v) is 4.97. The van der Waals surface area contributed by atoms with E-state index >= 15 is 0 Å². The number of rotatable bonds is 4. The molecule has 6 heteroatoms. The molecule has 144 valence electrons. The lowest BCUT2D eigenvalue weighted by Crippen LogP contribution is -2.49. The highest BCUT2D eigenvalue weighted by atomic mass is 16.4. The minimum Gasteiger partial charge on any atom is -0.411 e. The maximum Gasteiger partial charge on any atom is 0.245 e. The first-order valence-electron chi connectivity index (χ1n) is 10.0. The summed E-state index contributed by atoms with van der Waals surface area (Å²) in [4.78, 5) is 29.6. The second-order valence-corrected chi connectivity index (χ2v) is 8.00. The Hall–Kier alpha value is -2.37. The Bertz CT molecular complexity index is 723. The number of oxime groups is 1. The maximum absolute atomic E-state index is 13.1. The van der Waals surface area contributed by atoms with Crippen molar-refractivity contribution < 1.29 is 14.8 Å². The Morgan fingerprint density at radius 2 is 1.74 bits per heavy atom. The quantitative estimate of drug-likeness (QED) is 0.502. The number of carbonyl (C=O) groups excluding carboxylic acids is 2. The van der Waals surface area contributed by atoms with Gasteiger partial charge < -0.3 is 15.0 Å². The van der Waals surface area contributed by atoms with E-state index in [0.29, 0.717) is 25.4 Å². The molecule has 1 N–H and O–H groups in total. The van der Waals surface area contributed by atoms with Crippen LogP contribution in [0.5, 0.6) is 0 Å². The third-order valence-electron chi connectivity index (χ3n) is 6.28. The average Bonchev–Trinajstić information content (AvgIpc) is 3.40. The van der Waals surface area contributed by atoms with Gasteiger partial charge >= 0.3 is 0 Å². The van der Waals surface area contributed by atoms with Gasteiger partial charge in [0.2, 0.25) is 11.8 Å². The number of hydrogen-bond donors (Lipinski definition) is 1. The molecule has 0 unspecified atom stereocenters. The molecule has 0 aromatic heterocycles. The molecule has 1 aromatic carbocycles. The molecular formula is C21H27N3O3. The van der Waals surface area contributed by atoms with Gasteiger partial charge in [-0.05, 0) is 55.6 Å². The summed E-state index contributed by atoms with van der Waals surface area (Å²) in [6.45, 7) is 1.34. The smallest absolute Gasteiger partial charge is 0.245 e. The van der Waals surface area contributed by atoms with Gasteiger partial charge in [-0.3, -0.25) is 9.59 Å². The van der Waals surface area contributed by atoms with E-state index in [4.69, 9.17) is 5.21 Å². The predicted molar refractivity (Wildman–Crippen MR) is 102 cm³/mol. The van der Waals surface area contributed by atoms with E-state index < -0.39 is 0 Å². The lowest BCUT2D eigenvalue weighted by atomic mass is 10.0. The molecule has 2 fully saturated rings. The normalized spacial score (nSPS) is 25.5. The Morgan fingerprint density at radius 1 is 1.07 bits per heavy atom. The SMILES string of the molecule is O=C([C@H]1CCCN1C(=O)CC1Cc2ccccc2C1)N1CCC[C@H]1C=NO. The fourth-order valence-electron chi connectivity index (χ4n) is 4.97. The Kier molecular flexibility index (Phi) is 5.14. The Morgan fingerprint density at radius 3 is 2.44 bits per heavy atom. The summed E-state index contributed by atoms with van der Waals surface area (Å²) >= 11 is 0. The molecule has 0 bridgehead atoms. The van der Waals surface area contributed by atoms with Crippen LogP contribution < -0.4 is 0 Å². The second-order valence-electron chi connectivity index (χ2n) is 8.00. The molecule has 2 saturated heterocycles. The van der Waals surface area contributed by atoms with Crippen LogP contribution in [-0.4, -0.2) is 58.2 Å². The molecule has 2 atom stereocenters. The van der Waals surface area contributed by atoms with Gasteiger partial charge in [0.25, 0.3) is 0 Å². The zero-order valence-electron chi connectivity index (χ0n) is 15.6. The van der Waals surface area contributed by atoms with Crippen molar-refractivity contribution in [3.05, 3.63) is 35.4 Å². The standard InChI is InChI=1S/C21H27N3O3/c25-20(13-15-11-16-5-1-2-6-17(16)12-15)24-10-4-8-19(24)21(26)23-9-3-7-18(23)14-22-27/h1-2,5-6,14-15,18-19,27H,3-4,7-13H2/t18-,19+/m0/s1. The first-order chi connectivity index (χ1) is 13.2. The van der Waals surface area contributed by atoms with Crippen LogP contribution in [0.3, 0.4) is 0 Å². The molecule has 0 saturated carbocycles. The summed E-state index contributed by atoms with van der Waals surface area (Å²) in [6.07, 6.45) is 7.18. The van der Waals surface area contributed by atoms with Crippen molar-refractivity contribution in [1.29, 1.82) is 0 Å². The van der Waals surface area contributed by atoms with Crippen LogP contribution in [0, 0.1) is 5.92 Å². The highest BCUT2D eigenvalue weighted by Gasteiger charge is 2.40.